The van der Waals surface area contributed by atoms with Crippen molar-refractivity contribution in [1.82, 2.24) is 20.9 Å². The van der Waals surface area contributed by atoms with E-state index in [0.29, 0.717) is 12.0 Å². The lowest BCUT2D eigenvalue weighted by Gasteiger charge is -2.26. The number of carbonyl (C=O) groups excluding carboxylic acids is 4. The van der Waals surface area contributed by atoms with Gasteiger partial charge in [0, 0.05) is 23.5 Å². The predicted molar refractivity (Wildman–Crippen MR) is 134 cm³/mol. The molecule has 10 N–H and O–H groups in total. The molecule has 1 aromatic carbocycles. The standard InChI is InChI=1S/C24H34N6O7/c1-3-12(2)20(24(36)37)30-23(35)17(8-13-10-27-16-7-5-4-6-14(13)16)29-22(34)18(9-19(26)32)28-21(33)15(25)11-31/h4-7,10,12,15,17-18,20,27,31H,3,8-9,11,25H2,1-2H3,(H2,26,32)(H,28,33)(H,29,34)(H,30,35)(H,36,37). The number of hydrogen-bond acceptors (Lipinski definition) is 7. The number of aromatic nitrogens is 1. The number of carbonyl (C=O) groups is 5. The number of aliphatic hydroxyl groups excluding tert-OH is 1. The third-order valence-corrected chi connectivity index (χ3v) is 6.08. The maximum absolute atomic E-state index is 13.3. The molecule has 0 spiro atoms. The number of para-hydroxylation sites is 1. The van der Waals surface area contributed by atoms with Crippen molar-refractivity contribution < 1.29 is 34.2 Å². The van der Waals surface area contributed by atoms with Crippen LogP contribution in [0.1, 0.15) is 32.3 Å². The SMILES string of the molecule is CCC(C)C(NC(=O)C(Cc1c[nH]c2ccccc12)NC(=O)C(CC(N)=O)NC(=O)C(N)CO)C(=O)O. The van der Waals surface area contributed by atoms with E-state index in [1.54, 1.807) is 26.1 Å². The Morgan fingerprint density at radius 1 is 1.00 bits per heavy atom. The topological polar surface area (TPSA) is 230 Å². The Kier molecular flexibility index (Phi) is 10.6. The van der Waals surface area contributed by atoms with Gasteiger partial charge in [-0.05, 0) is 17.5 Å². The van der Waals surface area contributed by atoms with Crippen molar-refractivity contribution in [3.63, 3.8) is 0 Å². The quantitative estimate of drug-likeness (QED) is 0.146. The number of nitrogens with one attached hydrogen (secondary N) is 4. The van der Waals surface area contributed by atoms with E-state index < -0.39 is 72.7 Å². The zero-order valence-corrected chi connectivity index (χ0v) is 20.7. The monoisotopic (exact) mass is 518 g/mol. The van der Waals surface area contributed by atoms with Crippen LogP contribution >= 0.6 is 0 Å². The highest BCUT2D eigenvalue weighted by molar-refractivity contribution is 5.96. The second-order valence-corrected chi connectivity index (χ2v) is 8.86. The van der Waals surface area contributed by atoms with Crippen LogP contribution in [-0.2, 0) is 30.4 Å². The Hall–Kier alpha value is -3.97. The van der Waals surface area contributed by atoms with E-state index in [2.05, 4.69) is 20.9 Å². The first kappa shape index (κ1) is 29.3. The Morgan fingerprint density at radius 2 is 1.62 bits per heavy atom. The molecule has 2 rings (SSSR count). The van der Waals surface area contributed by atoms with Gasteiger partial charge in [-0.15, -0.1) is 0 Å². The predicted octanol–water partition coefficient (Wildman–Crippen LogP) is -1.51. The van der Waals surface area contributed by atoms with Crippen LogP contribution in [0.2, 0.25) is 0 Å². The maximum atomic E-state index is 13.3. The van der Waals surface area contributed by atoms with Crippen molar-refractivity contribution in [3.05, 3.63) is 36.0 Å². The number of aromatic amines is 1. The number of amides is 4. The number of hydrogen-bond donors (Lipinski definition) is 8. The average Bonchev–Trinajstić information content (AvgIpc) is 3.27. The van der Waals surface area contributed by atoms with Crippen LogP contribution in [0, 0.1) is 5.92 Å². The molecule has 0 aliphatic carbocycles. The molecule has 13 heteroatoms. The van der Waals surface area contributed by atoms with E-state index >= 15 is 0 Å². The van der Waals surface area contributed by atoms with Crippen LogP contribution < -0.4 is 27.4 Å². The van der Waals surface area contributed by atoms with E-state index in [-0.39, 0.29) is 6.42 Å². The van der Waals surface area contributed by atoms with E-state index in [1.807, 2.05) is 18.2 Å². The summed E-state index contributed by atoms with van der Waals surface area (Å²) in [6.45, 7) is 2.76. The number of rotatable bonds is 14. The molecule has 37 heavy (non-hydrogen) atoms. The molecule has 0 saturated carbocycles. The molecule has 0 fully saturated rings. The van der Waals surface area contributed by atoms with Crippen molar-refractivity contribution >= 4 is 40.5 Å². The number of primary amides is 1. The van der Waals surface area contributed by atoms with Gasteiger partial charge in [0.15, 0.2) is 0 Å². The number of H-pyrrole nitrogens is 1. The molecule has 13 nitrogen and oxygen atoms in total. The first-order valence-corrected chi connectivity index (χ1v) is 11.8. The maximum Gasteiger partial charge on any atom is 0.326 e. The molecule has 202 valence electrons. The molecule has 2 aromatic rings. The normalized spacial score (nSPS) is 15.1. The van der Waals surface area contributed by atoms with E-state index in [4.69, 9.17) is 16.6 Å². The molecule has 4 amide bonds. The van der Waals surface area contributed by atoms with Gasteiger partial charge in [0.25, 0.3) is 0 Å². The van der Waals surface area contributed by atoms with Crippen molar-refractivity contribution in [3.8, 4) is 0 Å². The average molecular weight is 519 g/mol. The van der Waals surface area contributed by atoms with Gasteiger partial charge in [-0.25, -0.2) is 4.79 Å². The third kappa shape index (κ3) is 8.02. The van der Waals surface area contributed by atoms with Crippen LogP contribution in [-0.4, -0.2) is 75.6 Å². The Labute approximate surface area is 213 Å². The highest BCUT2D eigenvalue weighted by Crippen LogP contribution is 2.19. The van der Waals surface area contributed by atoms with E-state index in [1.165, 1.54) is 0 Å². The van der Waals surface area contributed by atoms with E-state index in [0.717, 1.165) is 10.9 Å². The molecule has 5 atom stereocenters. The van der Waals surface area contributed by atoms with Crippen molar-refractivity contribution in [2.45, 2.75) is 57.3 Å². The number of carboxylic acids is 1. The summed E-state index contributed by atoms with van der Waals surface area (Å²) in [5.41, 5.74) is 12.2. The fourth-order valence-electron chi connectivity index (χ4n) is 3.71. The summed E-state index contributed by atoms with van der Waals surface area (Å²) in [5, 5.41) is 26.7. The van der Waals surface area contributed by atoms with Gasteiger partial charge >= 0.3 is 5.97 Å². The molecule has 0 bridgehead atoms. The minimum Gasteiger partial charge on any atom is -0.480 e. The second kappa shape index (κ2) is 13.4. The third-order valence-electron chi connectivity index (χ3n) is 6.08. The first-order chi connectivity index (χ1) is 17.5. The number of fused-ring (bicyclic) bond motifs is 1. The van der Waals surface area contributed by atoms with Gasteiger partial charge in [0.2, 0.25) is 23.6 Å². The molecule has 0 radical (unpaired) electrons. The van der Waals surface area contributed by atoms with Crippen LogP contribution in [0.15, 0.2) is 30.5 Å². The van der Waals surface area contributed by atoms with Crippen molar-refractivity contribution in [2.75, 3.05) is 6.61 Å². The lowest BCUT2D eigenvalue weighted by Crippen LogP contribution is -2.59. The summed E-state index contributed by atoms with van der Waals surface area (Å²) in [6, 6.07) is 1.99. The first-order valence-electron chi connectivity index (χ1n) is 11.8. The summed E-state index contributed by atoms with van der Waals surface area (Å²) in [7, 11) is 0. The van der Waals surface area contributed by atoms with Gasteiger partial charge in [-0.3, -0.25) is 19.2 Å². The summed E-state index contributed by atoms with van der Waals surface area (Å²) in [6.07, 6.45) is 1.53. The molecule has 1 heterocycles. The summed E-state index contributed by atoms with van der Waals surface area (Å²) < 4.78 is 0. The van der Waals surface area contributed by atoms with Crippen LogP contribution in [0.5, 0.6) is 0 Å². The zero-order valence-electron chi connectivity index (χ0n) is 20.7. The van der Waals surface area contributed by atoms with Gasteiger partial charge in [-0.1, -0.05) is 38.5 Å². The summed E-state index contributed by atoms with van der Waals surface area (Å²) >= 11 is 0. The highest BCUT2D eigenvalue weighted by Gasteiger charge is 2.33. The molecule has 1 aromatic heterocycles. The minimum absolute atomic E-state index is 0.0260. The molecule has 0 aliphatic heterocycles. The van der Waals surface area contributed by atoms with Crippen molar-refractivity contribution in [1.29, 1.82) is 0 Å². The molecular formula is C24H34N6O7. The fraction of sp³-hybridized carbons (Fsp3) is 0.458. The zero-order chi connectivity index (χ0) is 27.7. The molecule has 5 unspecified atom stereocenters. The van der Waals surface area contributed by atoms with E-state index in [9.17, 15) is 29.1 Å². The molecular weight excluding hydrogens is 484 g/mol. The fourth-order valence-corrected chi connectivity index (χ4v) is 3.71. The molecule has 0 saturated heterocycles. The second-order valence-electron chi connectivity index (χ2n) is 8.86. The summed E-state index contributed by atoms with van der Waals surface area (Å²) in [5.74, 6) is -5.10. The Morgan fingerprint density at radius 3 is 2.22 bits per heavy atom. The minimum atomic E-state index is -1.48. The number of aliphatic hydroxyl groups is 1. The Balaban J connectivity index is 2.35. The van der Waals surface area contributed by atoms with Crippen LogP contribution in [0.25, 0.3) is 10.9 Å². The van der Waals surface area contributed by atoms with Gasteiger partial charge in [0.1, 0.15) is 24.2 Å². The largest absolute Gasteiger partial charge is 0.480 e. The summed E-state index contributed by atoms with van der Waals surface area (Å²) in [4.78, 5) is 64.9. The number of nitrogens with two attached hydrogens (primary N) is 2. The number of aliphatic carboxylic acids is 1. The highest BCUT2D eigenvalue weighted by atomic mass is 16.4. The van der Waals surface area contributed by atoms with Crippen molar-refractivity contribution in [2.24, 2.45) is 17.4 Å². The lowest BCUT2D eigenvalue weighted by atomic mass is 9.98. The van der Waals surface area contributed by atoms with Gasteiger partial charge < -0.3 is 42.6 Å². The van der Waals surface area contributed by atoms with Crippen LogP contribution in [0.3, 0.4) is 0 Å². The molecule has 0 aliphatic rings. The Bertz CT molecular complexity index is 1130. The van der Waals surface area contributed by atoms with Crippen LogP contribution in [0.4, 0.5) is 0 Å². The lowest BCUT2D eigenvalue weighted by molar-refractivity contribution is -0.144. The smallest absolute Gasteiger partial charge is 0.326 e. The van der Waals surface area contributed by atoms with Gasteiger partial charge in [-0.2, -0.15) is 0 Å². The number of carboxylic acid groups (broad SMARTS) is 1. The van der Waals surface area contributed by atoms with Gasteiger partial charge in [0.05, 0.1) is 13.0 Å². The number of benzene rings is 1.